The molecule has 0 aliphatic rings. The molecule has 0 amide bonds. The molecule has 0 aliphatic heterocycles. The van der Waals surface area contributed by atoms with Crippen LogP contribution in [0.1, 0.15) is 54.2 Å². The van der Waals surface area contributed by atoms with E-state index >= 15 is 0 Å². The molecule has 5 heteroatoms. The van der Waals surface area contributed by atoms with Crippen LogP contribution in [0.3, 0.4) is 0 Å². The van der Waals surface area contributed by atoms with E-state index in [4.69, 9.17) is 15.7 Å². The number of carbonyl (C=O) groups excluding carboxylic acids is 1. The standard InChI is InChI=1S/C19H23N3O2/c1-3-4-5-6-7-14-8-10-16(11-9-14)22-13-15(12-20)17(21)18(22)19(23)24-2/h8-11,13H,3-7,21H2,1-2H3. The Hall–Kier alpha value is -2.74. The van der Waals surface area contributed by atoms with E-state index in [0.717, 1.165) is 12.1 Å². The molecule has 5 nitrogen and oxygen atoms in total. The molecule has 1 heterocycles. The second-order valence-electron chi connectivity index (χ2n) is 5.76. The molecule has 1 aromatic heterocycles. The minimum atomic E-state index is -0.558. The normalized spacial score (nSPS) is 10.4. The number of anilines is 1. The number of aryl methyl sites for hydroxylation is 1. The molecule has 1 aromatic carbocycles. The summed E-state index contributed by atoms with van der Waals surface area (Å²) in [7, 11) is 1.30. The lowest BCUT2D eigenvalue weighted by Gasteiger charge is -2.09. The lowest BCUT2D eigenvalue weighted by molar-refractivity contribution is 0.0593. The van der Waals surface area contributed by atoms with E-state index < -0.39 is 5.97 Å². The van der Waals surface area contributed by atoms with E-state index in [1.54, 1.807) is 10.8 Å². The fourth-order valence-electron chi connectivity index (χ4n) is 2.70. The highest BCUT2D eigenvalue weighted by Gasteiger charge is 2.21. The monoisotopic (exact) mass is 325 g/mol. The lowest BCUT2D eigenvalue weighted by Crippen LogP contribution is -2.11. The van der Waals surface area contributed by atoms with Gasteiger partial charge in [-0.3, -0.25) is 0 Å². The van der Waals surface area contributed by atoms with Crippen LogP contribution >= 0.6 is 0 Å². The van der Waals surface area contributed by atoms with Crippen molar-refractivity contribution >= 4 is 11.7 Å². The number of methoxy groups -OCH3 is 1. The summed E-state index contributed by atoms with van der Waals surface area (Å²) in [6, 6.07) is 9.96. The summed E-state index contributed by atoms with van der Waals surface area (Å²) >= 11 is 0. The van der Waals surface area contributed by atoms with Crippen LogP contribution < -0.4 is 5.73 Å². The number of unbranched alkanes of at least 4 members (excludes halogenated alkanes) is 3. The molecule has 0 atom stereocenters. The summed E-state index contributed by atoms with van der Waals surface area (Å²) in [6.45, 7) is 2.20. The van der Waals surface area contributed by atoms with Crippen molar-refractivity contribution in [2.45, 2.75) is 39.0 Å². The van der Waals surface area contributed by atoms with Gasteiger partial charge in [0.05, 0.1) is 18.4 Å². The Morgan fingerprint density at radius 2 is 1.96 bits per heavy atom. The summed E-state index contributed by atoms with van der Waals surface area (Å²) in [5.41, 5.74) is 8.54. The molecule has 0 spiro atoms. The highest BCUT2D eigenvalue weighted by Crippen LogP contribution is 2.25. The zero-order chi connectivity index (χ0) is 17.5. The number of nitrogens with zero attached hydrogens (tertiary/aromatic N) is 2. The number of rotatable bonds is 7. The third-order valence-electron chi connectivity index (χ3n) is 4.08. The number of nitrogens with two attached hydrogens (primary N) is 1. The van der Waals surface area contributed by atoms with Crippen molar-refractivity contribution in [2.75, 3.05) is 12.8 Å². The van der Waals surface area contributed by atoms with Gasteiger partial charge >= 0.3 is 5.97 Å². The summed E-state index contributed by atoms with van der Waals surface area (Å²) in [5, 5.41) is 9.15. The van der Waals surface area contributed by atoms with Crippen LogP contribution in [0.5, 0.6) is 0 Å². The smallest absolute Gasteiger partial charge is 0.357 e. The van der Waals surface area contributed by atoms with E-state index in [2.05, 4.69) is 6.92 Å². The highest BCUT2D eigenvalue weighted by molar-refractivity contribution is 5.95. The topological polar surface area (TPSA) is 81.0 Å². The van der Waals surface area contributed by atoms with Gasteiger partial charge in [0.25, 0.3) is 0 Å². The molecular formula is C19H23N3O2. The van der Waals surface area contributed by atoms with E-state index in [1.165, 1.54) is 38.4 Å². The van der Waals surface area contributed by atoms with Gasteiger partial charge < -0.3 is 15.0 Å². The zero-order valence-corrected chi connectivity index (χ0v) is 14.2. The number of carbonyl (C=O) groups is 1. The minimum Gasteiger partial charge on any atom is -0.464 e. The number of hydrogen-bond acceptors (Lipinski definition) is 4. The van der Waals surface area contributed by atoms with Crippen LogP contribution in [-0.4, -0.2) is 17.6 Å². The average molecular weight is 325 g/mol. The fraction of sp³-hybridized carbons (Fsp3) is 0.368. The van der Waals surface area contributed by atoms with Gasteiger partial charge in [-0.2, -0.15) is 5.26 Å². The molecular weight excluding hydrogens is 302 g/mol. The maximum absolute atomic E-state index is 12.0. The van der Waals surface area contributed by atoms with Crippen LogP contribution in [0, 0.1) is 11.3 Å². The van der Waals surface area contributed by atoms with Gasteiger partial charge in [0.1, 0.15) is 6.07 Å². The quantitative estimate of drug-likeness (QED) is 0.619. The third kappa shape index (κ3) is 3.77. The molecule has 0 radical (unpaired) electrons. The molecule has 0 fully saturated rings. The van der Waals surface area contributed by atoms with Crippen LogP contribution in [0.2, 0.25) is 0 Å². The van der Waals surface area contributed by atoms with Crippen molar-refractivity contribution in [1.82, 2.24) is 4.57 Å². The van der Waals surface area contributed by atoms with Gasteiger partial charge in [0.2, 0.25) is 0 Å². The van der Waals surface area contributed by atoms with Crippen molar-refractivity contribution in [3.63, 3.8) is 0 Å². The van der Waals surface area contributed by atoms with E-state index in [-0.39, 0.29) is 16.9 Å². The summed E-state index contributed by atoms with van der Waals surface area (Å²) in [4.78, 5) is 12.0. The first kappa shape index (κ1) is 17.6. The van der Waals surface area contributed by atoms with Gasteiger partial charge in [-0.15, -0.1) is 0 Å². The lowest BCUT2D eigenvalue weighted by atomic mass is 10.1. The molecule has 0 aliphatic carbocycles. The largest absolute Gasteiger partial charge is 0.464 e. The van der Waals surface area contributed by atoms with Gasteiger partial charge in [0, 0.05) is 11.9 Å². The second-order valence-corrected chi connectivity index (χ2v) is 5.76. The van der Waals surface area contributed by atoms with E-state index in [1.807, 2.05) is 30.3 Å². The van der Waals surface area contributed by atoms with Crippen molar-refractivity contribution in [3.05, 3.63) is 47.3 Å². The number of nitriles is 1. The van der Waals surface area contributed by atoms with Crippen molar-refractivity contribution in [1.29, 1.82) is 5.26 Å². The van der Waals surface area contributed by atoms with Gasteiger partial charge in [-0.25, -0.2) is 4.79 Å². The molecule has 0 bridgehead atoms. The molecule has 0 saturated carbocycles. The maximum atomic E-state index is 12.0. The van der Waals surface area contributed by atoms with Crippen molar-refractivity contribution < 1.29 is 9.53 Å². The minimum absolute atomic E-state index is 0.146. The number of ether oxygens (including phenoxy) is 1. The maximum Gasteiger partial charge on any atom is 0.357 e. The Balaban J connectivity index is 2.25. The third-order valence-corrected chi connectivity index (χ3v) is 4.08. The molecule has 0 saturated heterocycles. The first-order valence-electron chi connectivity index (χ1n) is 8.20. The number of aromatic nitrogens is 1. The number of benzene rings is 1. The van der Waals surface area contributed by atoms with Gasteiger partial charge in [-0.1, -0.05) is 38.3 Å². The van der Waals surface area contributed by atoms with E-state index in [0.29, 0.717) is 0 Å². The van der Waals surface area contributed by atoms with Crippen LogP contribution in [0.25, 0.3) is 5.69 Å². The molecule has 2 rings (SSSR count). The summed E-state index contributed by atoms with van der Waals surface area (Å²) in [6.07, 6.45) is 7.52. The highest BCUT2D eigenvalue weighted by atomic mass is 16.5. The van der Waals surface area contributed by atoms with Crippen molar-refractivity contribution in [3.8, 4) is 11.8 Å². The SMILES string of the molecule is CCCCCCc1ccc(-n2cc(C#N)c(N)c2C(=O)OC)cc1. The predicted octanol–water partition coefficient (Wildman–Crippen LogP) is 3.84. The van der Waals surface area contributed by atoms with Gasteiger partial charge in [-0.05, 0) is 30.5 Å². The predicted molar refractivity (Wildman–Crippen MR) is 94.1 cm³/mol. The number of nitrogen functional groups attached to an aromatic ring is 1. The molecule has 24 heavy (non-hydrogen) atoms. The Bertz CT molecular complexity index is 739. The zero-order valence-electron chi connectivity index (χ0n) is 14.2. The van der Waals surface area contributed by atoms with Crippen LogP contribution in [-0.2, 0) is 11.2 Å². The first-order chi connectivity index (χ1) is 11.6. The van der Waals surface area contributed by atoms with Crippen molar-refractivity contribution in [2.24, 2.45) is 0 Å². The molecule has 0 unspecified atom stereocenters. The van der Waals surface area contributed by atoms with Crippen LogP contribution in [0.4, 0.5) is 5.69 Å². The Labute approximate surface area is 142 Å². The average Bonchev–Trinajstić information content (AvgIpc) is 2.95. The first-order valence-corrected chi connectivity index (χ1v) is 8.20. The Morgan fingerprint density at radius 1 is 1.25 bits per heavy atom. The molecule has 2 aromatic rings. The van der Waals surface area contributed by atoms with Gasteiger partial charge in [0.15, 0.2) is 5.69 Å². The van der Waals surface area contributed by atoms with Crippen LogP contribution in [0.15, 0.2) is 30.5 Å². The fourth-order valence-corrected chi connectivity index (χ4v) is 2.70. The molecule has 126 valence electrons. The summed E-state index contributed by atoms with van der Waals surface area (Å²) in [5.74, 6) is -0.558. The second kappa shape index (κ2) is 8.21. The Kier molecular flexibility index (Phi) is 6.02. The Morgan fingerprint density at radius 3 is 2.54 bits per heavy atom. The summed E-state index contributed by atoms with van der Waals surface area (Å²) < 4.78 is 6.40. The number of esters is 1. The molecule has 2 N–H and O–H groups in total. The van der Waals surface area contributed by atoms with E-state index in [9.17, 15) is 4.79 Å². The number of hydrogen-bond donors (Lipinski definition) is 1.